The van der Waals surface area contributed by atoms with Crippen LogP contribution in [0.5, 0.6) is 0 Å². The van der Waals surface area contributed by atoms with Gasteiger partial charge in [-0.05, 0) is 44.8 Å². The molecule has 5 atom stereocenters. The van der Waals surface area contributed by atoms with Gasteiger partial charge in [-0.3, -0.25) is 9.59 Å². The summed E-state index contributed by atoms with van der Waals surface area (Å²) in [7, 11) is -4.11. The number of rotatable bonds is 7. The van der Waals surface area contributed by atoms with E-state index in [0.717, 1.165) is 0 Å². The van der Waals surface area contributed by atoms with E-state index in [2.05, 4.69) is 93.0 Å². The number of fused-ring (bicyclic) bond motifs is 3. The van der Waals surface area contributed by atoms with Gasteiger partial charge in [0.2, 0.25) is 0 Å². The number of ketones is 1. The first kappa shape index (κ1) is 26.9. The van der Waals surface area contributed by atoms with E-state index in [-0.39, 0.29) is 23.3 Å². The minimum absolute atomic E-state index is 0.0750. The van der Waals surface area contributed by atoms with Crippen molar-refractivity contribution in [3.63, 3.8) is 0 Å². The second-order valence-electron chi connectivity index (χ2n) is 14.1. The third kappa shape index (κ3) is 3.52. The Morgan fingerprint density at radius 2 is 1.39 bits per heavy atom. The maximum atomic E-state index is 14.6. The molecule has 0 aromatic carbocycles. The zero-order valence-electron chi connectivity index (χ0n) is 23.4. The molecule has 0 amide bonds. The van der Waals surface area contributed by atoms with Crippen LogP contribution in [0.25, 0.3) is 0 Å². The lowest BCUT2D eigenvalue weighted by Crippen LogP contribution is -2.50. The molecule has 1 fully saturated rings. The normalized spacial score (nSPS) is 32.1. The highest BCUT2D eigenvalue weighted by Gasteiger charge is 2.78. The molecule has 186 valence electrons. The number of methoxy groups -OCH3 is 1. The summed E-state index contributed by atoms with van der Waals surface area (Å²) in [4.78, 5) is 27.9. The number of hydrogen-bond acceptors (Lipinski definition) is 3. The average Bonchev–Trinajstić information content (AvgIpc) is 3.26. The molecule has 0 radical (unpaired) electrons. The van der Waals surface area contributed by atoms with Crippen molar-refractivity contribution < 1.29 is 14.3 Å². The summed E-state index contributed by atoms with van der Waals surface area (Å²) < 4.78 is 5.42. The number of ether oxygens (including phenoxy) is 1. The first-order valence-electron chi connectivity index (χ1n) is 13.0. The van der Waals surface area contributed by atoms with Crippen LogP contribution in [-0.4, -0.2) is 43.1 Å². The van der Waals surface area contributed by atoms with Crippen LogP contribution in [0.2, 0.25) is 67.0 Å². The number of allylic oxidation sites excluding steroid dienone is 3. The lowest BCUT2D eigenvalue weighted by molar-refractivity contribution is -0.146. The highest BCUT2D eigenvalue weighted by molar-refractivity contribution is 6.95. The van der Waals surface area contributed by atoms with Crippen molar-refractivity contribution >= 4 is 36.0 Å². The minimum Gasteiger partial charge on any atom is -0.468 e. The van der Waals surface area contributed by atoms with Crippen LogP contribution in [0.4, 0.5) is 0 Å². The first-order valence-corrected chi connectivity index (χ1v) is 22.4. The summed E-state index contributed by atoms with van der Waals surface area (Å²) in [5.74, 6) is 0.810. The van der Waals surface area contributed by atoms with E-state index in [0.29, 0.717) is 27.9 Å². The molecule has 3 aliphatic carbocycles. The Hall–Kier alpha value is -0.729. The van der Waals surface area contributed by atoms with Crippen molar-refractivity contribution in [1.82, 2.24) is 0 Å². The predicted octanol–water partition coefficient (Wildman–Crippen LogP) is 7.48. The molecule has 1 saturated carbocycles. The minimum atomic E-state index is -2.13. The maximum Gasteiger partial charge on any atom is 0.315 e. The van der Waals surface area contributed by atoms with Gasteiger partial charge in [0, 0.05) is 13.6 Å². The van der Waals surface area contributed by atoms with Gasteiger partial charge in [-0.25, -0.2) is 0 Å². The molecule has 0 unspecified atom stereocenters. The molecule has 0 aromatic heterocycles. The van der Waals surface area contributed by atoms with Crippen molar-refractivity contribution in [3.8, 4) is 0 Å². The standard InChI is InChI=1S/C27H48O3Si3/c1-16(2)33(17(3)4,18(5)6)23-19-14-15-27(26(29)30-7)21(25(27)32(11,12)13)20(19)24(22(23)28)31(8,9)10/h14-18,20-21,24-25H,1-13H3/t20-,21+,24-,25+,27-/m0/s1. The predicted molar refractivity (Wildman–Crippen MR) is 148 cm³/mol. The van der Waals surface area contributed by atoms with E-state index in [9.17, 15) is 9.59 Å². The third-order valence-electron chi connectivity index (χ3n) is 9.48. The van der Waals surface area contributed by atoms with Crippen molar-refractivity contribution in [2.75, 3.05) is 7.11 Å². The Morgan fingerprint density at radius 3 is 1.76 bits per heavy atom. The van der Waals surface area contributed by atoms with Crippen LogP contribution in [-0.2, 0) is 14.3 Å². The SMILES string of the molecule is COC(=O)[C@@]12C=CC3=C([Si](C(C)C)(C(C)C)C(C)C)C(=O)[C@@H]([Si](C)(C)C)[C@@H]3[C@@H]1[C@H]2[Si](C)(C)C. The number of esters is 1. The van der Waals surface area contributed by atoms with Gasteiger partial charge in [-0.15, -0.1) is 0 Å². The van der Waals surface area contributed by atoms with Gasteiger partial charge in [0.05, 0.1) is 28.7 Å². The van der Waals surface area contributed by atoms with E-state index in [1.54, 1.807) is 0 Å². The van der Waals surface area contributed by atoms with E-state index in [4.69, 9.17) is 4.74 Å². The quantitative estimate of drug-likeness (QED) is 0.267. The van der Waals surface area contributed by atoms with Crippen LogP contribution >= 0.6 is 0 Å². The molecule has 0 aliphatic heterocycles. The fraction of sp³-hybridized carbons (Fsp3) is 0.778. The van der Waals surface area contributed by atoms with Gasteiger partial charge in [0.1, 0.15) is 0 Å². The van der Waals surface area contributed by atoms with Gasteiger partial charge in [0.25, 0.3) is 0 Å². The molecule has 6 heteroatoms. The third-order valence-corrected chi connectivity index (χ3v) is 21.8. The molecule has 0 heterocycles. The number of hydrogen-bond donors (Lipinski definition) is 0. The lowest BCUT2D eigenvalue weighted by atomic mass is 9.84. The highest BCUT2D eigenvalue weighted by atomic mass is 28.3. The summed E-state index contributed by atoms with van der Waals surface area (Å²) in [5, 5.41) is 1.25. The summed E-state index contributed by atoms with van der Waals surface area (Å²) in [6.45, 7) is 28.4. The van der Waals surface area contributed by atoms with Crippen molar-refractivity contribution in [1.29, 1.82) is 0 Å². The smallest absolute Gasteiger partial charge is 0.315 e. The Bertz CT molecular complexity index is 879. The maximum absolute atomic E-state index is 14.6. The van der Waals surface area contributed by atoms with E-state index >= 15 is 0 Å². The van der Waals surface area contributed by atoms with Crippen LogP contribution in [0, 0.1) is 17.3 Å². The molecule has 33 heavy (non-hydrogen) atoms. The number of Topliss-reactive ketones (excluding diaryl/α,β-unsaturated/α-hetero) is 1. The molecule has 0 aromatic rings. The molecular weight excluding hydrogens is 457 g/mol. The summed E-state index contributed by atoms with van der Waals surface area (Å²) in [5.41, 5.74) is 2.73. The Morgan fingerprint density at radius 1 is 0.909 bits per heavy atom. The lowest BCUT2D eigenvalue weighted by Gasteiger charge is -2.45. The number of carbonyl (C=O) groups is 2. The second kappa shape index (κ2) is 8.16. The van der Waals surface area contributed by atoms with Gasteiger partial charge in [-0.1, -0.05) is 93.0 Å². The molecule has 3 rings (SSSR count). The topological polar surface area (TPSA) is 43.4 Å². The van der Waals surface area contributed by atoms with E-state index < -0.39 is 29.6 Å². The van der Waals surface area contributed by atoms with E-state index in [1.807, 2.05) is 0 Å². The van der Waals surface area contributed by atoms with Crippen molar-refractivity contribution in [2.24, 2.45) is 17.3 Å². The second-order valence-corrected chi connectivity index (χ2v) is 30.6. The van der Waals surface area contributed by atoms with Crippen LogP contribution < -0.4 is 0 Å². The van der Waals surface area contributed by atoms with Gasteiger partial charge >= 0.3 is 5.97 Å². The summed E-state index contributed by atoms with van der Waals surface area (Å²) >= 11 is 0. The van der Waals surface area contributed by atoms with Crippen molar-refractivity contribution in [2.45, 2.75) is 109 Å². The van der Waals surface area contributed by atoms with Crippen LogP contribution in [0.1, 0.15) is 41.5 Å². The molecular formula is C27H48O3Si3. The number of carbonyl (C=O) groups excluding carboxylic acids is 2. The van der Waals surface area contributed by atoms with Gasteiger partial charge < -0.3 is 4.74 Å². The Balaban J connectivity index is 2.37. The summed E-state index contributed by atoms with van der Waals surface area (Å²) in [6.07, 6.45) is 4.44. The van der Waals surface area contributed by atoms with E-state index in [1.165, 1.54) is 17.9 Å². The van der Waals surface area contributed by atoms with Gasteiger partial charge in [-0.2, -0.15) is 0 Å². The first-order chi connectivity index (χ1) is 14.9. The van der Waals surface area contributed by atoms with Crippen molar-refractivity contribution in [3.05, 3.63) is 22.9 Å². The monoisotopic (exact) mass is 504 g/mol. The average molecular weight is 505 g/mol. The Labute approximate surface area is 205 Å². The molecule has 0 spiro atoms. The largest absolute Gasteiger partial charge is 0.468 e. The van der Waals surface area contributed by atoms with Gasteiger partial charge in [0.15, 0.2) is 5.78 Å². The molecule has 3 aliphatic rings. The molecule has 3 nitrogen and oxygen atoms in total. The molecule has 0 bridgehead atoms. The Kier molecular flexibility index (Phi) is 6.64. The zero-order valence-corrected chi connectivity index (χ0v) is 26.4. The molecule has 0 N–H and O–H groups in total. The summed E-state index contributed by atoms with van der Waals surface area (Å²) in [6, 6.07) is 0. The fourth-order valence-electron chi connectivity index (χ4n) is 8.81. The molecule has 0 saturated heterocycles. The van der Waals surface area contributed by atoms with Crippen LogP contribution in [0.3, 0.4) is 0 Å². The zero-order chi connectivity index (χ0) is 25.5. The highest BCUT2D eigenvalue weighted by Crippen LogP contribution is 2.78. The van der Waals surface area contributed by atoms with Crippen LogP contribution in [0.15, 0.2) is 22.9 Å². The fourth-order valence-corrected chi connectivity index (χ4v) is 21.7.